The summed E-state index contributed by atoms with van der Waals surface area (Å²) in [6.07, 6.45) is 14.8. The van der Waals surface area contributed by atoms with E-state index in [1.54, 1.807) is 0 Å². The fraction of sp³-hybridized carbons (Fsp3) is 0.462. The van der Waals surface area contributed by atoms with Crippen molar-refractivity contribution in [2.24, 2.45) is 0 Å². The van der Waals surface area contributed by atoms with Gasteiger partial charge in [0.1, 0.15) is 11.9 Å². The molecule has 0 unspecified atom stereocenters. The second-order valence-corrected chi connectivity index (χ2v) is 8.66. The van der Waals surface area contributed by atoms with Crippen LogP contribution in [-0.2, 0) is 11.2 Å². The molecule has 1 aliphatic heterocycles. The highest BCUT2D eigenvalue weighted by atomic mass is 19.1. The van der Waals surface area contributed by atoms with Crippen molar-refractivity contribution in [2.75, 3.05) is 32.0 Å². The van der Waals surface area contributed by atoms with Crippen molar-refractivity contribution in [1.82, 2.24) is 4.90 Å². The second kappa shape index (κ2) is 9.65. The van der Waals surface area contributed by atoms with E-state index in [0.717, 1.165) is 63.2 Å². The van der Waals surface area contributed by atoms with Crippen LogP contribution >= 0.6 is 0 Å². The largest absolute Gasteiger partial charge is 0.493 e. The first-order chi connectivity index (χ1) is 14.6. The maximum absolute atomic E-state index is 12.4. The number of fused-ring (bicyclic) bond motifs is 1. The van der Waals surface area contributed by atoms with Crippen LogP contribution in [0.4, 0.5) is 10.1 Å². The molecule has 0 bridgehead atoms. The average Bonchev–Trinajstić information content (AvgIpc) is 2.96. The van der Waals surface area contributed by atoms with Gasteiger partial charge in [0.2, 0.25) is 0 Å². The van der Waals surface area contributed by atoms with Gasteiger partial charge in [-0.15, -0.1) is 0 Å². The minimum atomic E-state index is -0.240. The second-order valence-electron chi connectivity index (χ2n) is 8.66. The topological polar surface area (TPSA) is 38.5 Å². The Morgan fingerprint density at radius 2 is 2.13 bits per heavy atom. The van der Waals surface area contributed by atoms with Crippen molar-refractivity contribution in [3.63, 3.8) is 0 Å². The lowest BCUT2D eigenvalue weighted by Gasteiger charge is -2.17. The zero-order chi connectivity index (χ0) is 20.9. The smallest absolute Gasteiger partial charge is 0.112 e. The molecule has 0 spiro atoms. The van der Waals surface area contributed by atoms with Crippen molar-refractivity contribution >= 4 is 11.3 Å². The number of nitrogens with zero attached hydrogens (tertiary/aromatic N) is 1. The van der Waals surface area contributed by atoms with Gasteiger partial charge in [0, 0.05) is 31.7 Å². The molecule has 0 radical (unpaired) electrons. The minimum Gasteiger partial charge on any atom is -0.493 e. The Morgan fingerprint density at radius 1 is 1.23 bits per heavy atom. The predicted octanol–water partition coefficient (Wildman–Crippen LogP) is 5.60. The van der Waals surface area contributed by atoms with Gasteiger partial charge in [-0.3, -0.25) is 9.29 Å². The van der Waals surface area contributed by atoms with Crippen LogP contribution in [0.1, 0.15) is 50.2 Å². The highest BCUT2D eigenvalue weighted by molar-refractivity contribution is 5.86. The molecule has 2 N–H and O–H groups in total. The maximum atomic E-state index is 12.4. The molecule has 0 saturated carbocycles. The number of rotatable bonds is 6. The molecular formula is C26H33FN2O. The minimum absolute atomic E-state index is 0.210. The molecule has 0 aromatic heterocycles. The first-order valence-electron chi connectivity index (χ1n) is 11.3. The van der Waals surface area contributed by atoms with Crippen molar-refractivity contribution in [2.45, 2.75) is 51.6 Å². The number of nitrogen functional groups attached to an aromatic ring is 1. The Bertz CT molecular complexity index is 896. The number of alkyl halides is 1. The molecule has 3 aliphatic rings. The Labute approximate surface area is 179 Å². The molecule has 30 heavy (non-hydrogen) atoms. The number of ether oxygens (including phenoxy) is 1. The highest BCUT2D eigenvalue weighted by Gasteiger charge is 2.24. The van der Waals surface area contributed by atoms with Crippen LogP contribution in [-0.4, -0.2) is 37.3 Å². The molecule has 1 aromatic carbocycles. The van der Waals surface area contributed by atoms with Gasteiger partial charge in [0.25, 0.3) is 0 Å². The van der Waals surface area contributed by atoms with Crippen molar-refractivity contribution in [3.8, 4) is 0 Å². The van der Waals surface area contributed by atoms with Crippen LogP contribution in [0.15, 0.2) is 59.4 Å². The van der Waals surface area contributed by atoms with Gasteiger partial charge in [-0.05, 0) is 79.5 Å². The van der Waals surface area contributed by atoms with Crippen molar-refractivity contribution in [1.29, 1.82) is 0 Å². The van der Waals surface area contributed by atoms with Crippen molar-refractivity contribution < 1.29 is 9.13 Å². The number of likely N-dealkylation sites (tertiary alicyclic amines) is 1. The molecule has 1 aromatic rings. The van der Waals surface area contributed by atoms with Crippen LogP contribution in [0.3, 0.4) is 0 Å². The zero-order valence-corrected chi connectivity index (χ0v) is 18.0. The molecule has 2 aliphatic carbocycles. The van der Waals surface area contributed by atoms with E-state index >= 15 is 0 Å². The van der Waals surface area contributed by atoms with Gasteiger partial charge in [-0.2, -0.15) is 0 Å². The van der Waals surface area contributed by atoms with E-state index in [4.69, 9.17) is 10.5 Å². The summed E-state index contributed by atoms with van der Waals surface area (Å²) in [7, 11) is 0. The molecule has 1 fully saturated rings. The number of hydrogen-bond donors (Lipinski definition) is 1. The summed E-state index contributed by atoms with van der Waals surface area (Å²) in [6, 6.07) is 6.33. The summed E-state index contributed by atoms with van der Waals surface area (Å²) in [5.74, 6) is 1.02. The van der Waals surface area contributed by atoms with E-state index in [-0.39, 0.29) is 12.8 Å². The standard InChI is InChI=1S/C26H33FN2O/c1-19-5-2-7-21-17-22(28)10-12-25(21)26(19)20-6-3-8-23(11-9-20)30-24-13-16-29(18-24)15-4-14-27/h3,6,9-12,17,24H,2,4-5,7-8,13-16,18,28H2,1H3/t24-/m0/s1. The lowest BCUT2D eigenvalue weighted by atomic mass is 9.90. The molecule has 1 saturated heterocycles. The Hall–Kier alpha value is -2.33. The number of hydrogen-bond acceptors (Lipinski definition) is 3. The molecule has 0 amide bonds. The number of nitrogens with two attached hydrogens (primary N) is 1. The normalized spacial score (nSPS) is 22.3. The number of allylic oxidation sites excluding steroid dienone is 7. The third-order valence-corrected chi connectivity index (χ3v) is 6.33. The monoisotopic (exact) mass is 408 g/mol. The van der Waals surface area contributed by atoms with Gasteiger partial charge < -0.3 is 10.5 Å². The molecule has 160 valence electrons. The van der Waals surface area contributed by atoms with Gasteiger partial charge in [0.05, 0.1) is 6.67 Å². The van der Waals surface area contributed by atoms with Gasteiger partial charge >= 0.3 is 0 Å². The Kier molecular flexibility index (Phi) is 6.73. The van der Waals surface area contributed by atoms with Crippen molar-refractivity contribution in [3.05, 3.63) is 70.5 Å². The molecule has 1 atom stereocenters. The summed E-state index contributed by atoms with van der Waals surface area (Å²) in [5.41, 5.74) is 13.6. The summed E-state index contributed by atoms with van der Waals surface area (Å²) in [5, 5.41) is 0. The quantitative estimate of drug-likeness (QED) is 0.623. The number of aryl methyl sites for hydroxylation is 1. The van der Waals surface area contributed by atoms with Gasteiger partial charge in [0.15, 0.2) is 0 Å². The molecule has 4 rings (SSSR count). The maximum Gasteiger partial charge on any atom is 0.112 e. The lowest BCUT2D eigenvalue weighted by Crippen LogP contribution is -2.24. The van der Waals surface area contributed by atoms with Crippen LogP contribution in [0.5, 0.6) is 0 Å². The molecule has 1 heterocycles. The number of halogens is 1. The summed E-state index contributed by atoms with van der Waals surface area (Å²) in [4.78, 5) is 2.31. The van der Waals surface area contributed by atoms with Crippen LogP contribution in [0, 0.1) is 0 Å². The number of anilines is 1. The van der Waals surface area contributed by atoms with E-state index in [2.05, 4.69) is 48.3 Å². The van der Waals surface area contributed by atoms with Gasteiger partial charge in [-0.1, -0.05) is 29.9 Å². The fourth-order valence-electron chi connectivity index (χ4n) is 4.82. The first kappa shape index (κ1) is 20.9. The van der Waals surface area contributed by atoms with E-state index in [0.29, 0.717) is 6.42 Å². The van der Waals surface area contributed by atoms with E-state index in [9.17, 15) is 4.39 Å². The number of benzene rings is 1. The summed E-state index contributed by atoms with van der Waals surface area (Å²) < 4.78 is 18.7. The summed E-state index contributed by atoms with van der Waals surface area (Å²) in [6.45, 7) is 4.75. The SMILES string of the molecule is CC1=C(C2=CC=C(O[C@H]3CCN(CCCF)C3)CC=C2)c2ccc(N)cc2CCC1. The first-order valence-corrected chi connectivity index (χ1v) is 11.3. The van der Waals surface area contributed by atoms with E-state index in [1.165, 1.54) is 27.8 Å². The third-order valence-electron chi connectivity index (χ3n) is 6.33. The van der Waals surface area contributed by atoms with Crippen LogP contribution < -0.4 is 5.73 Å². The Morgan fingerprint density at radius 3 is 3.00 bits per heavy atom. The fourth-order valence-corrected chi connectivity index (χ4v) is 4.82. The van der Waals surface area contributed by atoms with E-state index < -0.39 is 0 Å². The molecule has 4 heteroatoms. The van der Waals surface area contributed by atoms with Crippen LogP contribution in [0.25, 0.3) is 5.57 Å². The highest BCUT2D eigenvalue weighted by Crippen LogP contribution is 2.37. The third kappa shape index (κ3) is 4.86. The van der Waals surface area contributed by atoms with Gasteiger partial charge in [-0.25, -0.2) is 0 Å². The molecule has 3 nitrogen and oxygen atoms in total. The Balaban J connectivity index is 1.52. The summed E-state index contributed by atoms with van der Waals surface area (Å²) >= 11 is 0. The zero-order valence-electron chi connectivity index (χ0n) is 18.0. The average molecular weight is 409 g/mol. The van der Waals surface area contributed by atoms with E-state index in [1.807, 2.05) is 6.07 Å². The predicted molar refractivity (Wildman–Crippen MR) is 123 cm³/mol. The lowest BCUT2D eigenvalue weighted by molar-refractivity contribution is 0.117. The molecular weight excluding hydrogens is 375 g/mol. The van der Waals surface area contributed by atoms with Crippen LogP contribution in [0.2, 0.25) is 0 Å².